The number of nitriles is 1. The number of hydrogen-bond donors (Lipinski definition) is 1. The highest BCUT2D eigenvalue weighted by atomic mass is 32.2. The summed E-state index contributed by atoms with van der Waals surface area (Å²) in [5, 5.41) is 10.9. The highest BCUT2D eigenvalue weighted by Crippen LogP contribution is 2.26. The molecule has 1 N–H and O–H groups in total. The third kappa shape index (κ3) is 2.79. The average molecular weight is 206 g/mol. The molecule has 0 fully saturated rings. The van der Waals surface area contributed by atoms with Gasteiger partial charge in [-0.3, -0.25) is 4.79 Å². The first-order valence-electron chi connectivity index (χ1n) is 4.20. The zero-order valence-corrected chi connectivity index (χ0v) is 8.60. The van der Waals surface area contributed by atoms with E-state index >= 15 is 0 Å². The lowest BCUT2D eigenvalue weighted by Gasteiger charge is -2.06. The molecule has 0 aliphatic carbocycles. The molecule has 0 aliphatic rings. The van der Waals surface area contributed by atoms with Gasteiger partial charge in [0.25, 0.3) is 0 Å². The number of nitrogens with one attached hydrogen (secondary N) is 1. The van der Waals surface area contributed by atoms with Crippen molar-refractivity contribution >= 4 is 23.4 Å². The number of hydrogen-bond acceptors (Lipinski definition) is 3. The van der Waals surface area contributed by atoms with Crippen LogP contribution in [0.1, 0.15) is 6.92 Å². The maximum absolute atomic E-state index is 10.9. The van der Waals surface area contributed by atoms with Crippen LogP contribution < -0.4 is 5.32 Å². The van der Waals surface area contributed by atoms with Crippen LogP contribution in [0.5, 0.6) is 0 Å². The first-order valence-corrected chi connectivity index (χ1v) is 5.19. The lowest BCUT2D eigenvalue weighted by atomic mass is 10.3. The Labute approximate surface area is 87.1 Å². The number of anilines is 1. The Hall–Kier alpha value is -1.47. The van der Waals surface area contributed by atoms with Gasteiger partial charge in [0.2, 0.25) is 0 Å². The van der Waals surface area contributed by atoms with Crippen molar-refractivity contribution in [3.05, 3.63) is 24.3 Å². The van der Waals surface area contributed by atoms with Crippen LogP contribution in [0.4, 0.5) is 5.69 Å². The van der Waals surface area contributed by atoms with E-state index in [9.17, 15) is 4.79 Å². The summed E-state index contributed by atoms with van der Waals surface area (Å²) in [6.45, 7) is 2.04. The van der Waals surface area contributed by atoms with E-state index in [2.05, 4.69) is 5.32 Å². The van der Waals surface area contributed by atoms with Crippen molar-refractivity contribution in [1.29, 1.82) is 5.26 Å². The average Bonchev–Trinajstić information content (AvgIpc) is 2.21. The molecule has 0 aromatic heterocycles. The summed E-state index contributed by atoms with van der Waals surface area (Å²) in [5.74, 6) is 0.300. The van der Waals surface area contributed by atoms with Gasteiger partial charge in [0, 0.05) is 4.90 Å². The van der Waals surface area contributed by atoms with E-state index in [0.717, 1.165) is 10.6 Å². The predicted molar refractivity (Wildman–Crippen MR) is 57.1 cm³/mol. The topological polar surface area (TPSA) is 52.9 Å². The first kappa shape index (κ1) is 10.6. The number of benzene rings is 1. The highest BCUT2D eigenvalue weighted by Gasteiger charge is 2.04. The van der Waals surface area contributed by atoms with E-state index in [0.29, 0.717) is 5.69 Å². The van der Waals surface area contributed by atoms with Crippen molar-refractivity contribution in [1.82, 2.24) is 0 Å². The van der Waals surface area contributed by atoms with Crippen molar-refractivity contribution in [2.45, 2.75) is 11.8 Å². The second-order valence-electron chi connectivity index (χ2n) is 2.50. The van der Waals surface area contributed by atoms with Crippen LogP contribution in [0, 0.1) is 11.3 Å². The molecule has 1 aromatic rings. The Bertz CT molecular complexity index is 371. The van der Waals surface area contributed by atoms with Crippen LogP contribution in [0.15, 0.2) is 29.2 Å². The van der Waals surface area contributed by atoms with Gasteiger partial charge in [-0.2, -0.15) is 5.26 Å². The molecule has 0 unspecified atom stereocenters. The van der Waals surface area contributed by atoms with Crippen molar-refractivity contribution in [2.24, 2.45) is 0 Å². The monoisotopic (exact) mass is 206 g/mol. The van der Waals surface area contributed by atoms with Gasteiger partial charge >= 0.3 is 5.91 Å². The number of para-hydroxylation sites is 1. The van der Waals surface area contributed by atoms with Crippen LogP contribution in [-0.4, -0.2) is 11.7 Å². The molecule has 72 valence electrons. The molecule has 0 bridgehead atoms. The van der Waals surface area contributed by atoms with Gasteiger partial charge in [-0.25, -0.2) is 0 Å². The van der Waals surface area contributed by atoms with Gasteiger partial charge in [0.15, 0.2) is 6.07 Å². The fourth-order valence-electron chi connectivity index (χ4n) is 1.00. The van der Waals surface area contributed by atoms with Crippen LogP contribution >= 0.6 is 11.8 Å². The van der Waals surface area contributed by atoms with Crippen LogP contribution in [0.25, 0.3) is 0 Å². The second kappa shape index (κ2) is 5.30. The van der Waals surface area contributed by atoms with Crippen LogP contribution in [-0.2, 0) is 4.79 Å². The maximum Gasteiger partial charge on any atom is 0.326 e. The van der Waals surface area contributed by atoms with E-state index in [-0.39, 0.29) is 0 Å². The quantitative estimate of drug-likeness (QED) is 0.609. The molecule has 14 heavy (non-hydrogen) atoms. The Morgan fingerprint density at radius 3 is 2.93 bits per heavy atom. The fraction of sp³-hybridized carbons (Fsp3) is 0.200. The highest BCUT2D eigenvalue weighted by molar-refractivity contribution is 7.99. The fourth-order valence-corrected chi connectivity index (χ4v) is 1.76. The van der Waals surface area contributed by atoms with Gasteiger partial charge in [0.1, 0.15) is 0 Å². The standard InChI is InChI=1S/C10H10N2OS/c1-2-14-9-6-4-3-5-8(9)12-10(13)7-11/h3-6H,2H2,1H3,(H,12,13). The Balaban J connectivity index is 2.85. The van der Waals surface area contributed by atoms with Gasteiger partial charge < -0.3 is 5.32 Å². The zero-order chi connectivity index (χ0) is 10.4. The Morgan fingerprint density at radius 2 is 2.29 bits per heavy atom. The Kier molecular flexibility index (Phi) is 4.02. The molecular weight excluding hydrogens is 196 g/mol. The number of carbonyl (C=O) groups excluding carboxylic acids is 1. The van der Waals surface area contributed by atoms with Gasteiger partial charge in [-0.1, -0.05) is 19.1 Å². The first-order chi connectivity index (χ1) is 6.77. The summed E-state index contributed by atoms with van der Waals surface area (Å²) in [4.78, 5) is 11.8. The summed E-state index contributed by atoms with van der Waals surface area (Å²) < 4.78 is 0. The van der Waals surface area contributed by atoms with E-state index < -0.39 is 5.91 Å². The van der Waals surface area contributed by atoms with Gasteiger partial charge in [-0.15, -0.1) is 11.8 Å². The van der Waals surface area contributed by atoms with E-state index in [1.54, 1.807) is 17.8 Å². The SMILES string of the molecule is CCSc1ccccc1NC(=O)C#N. The molecular formula is C10H10N2OS. The van der Waals surface area contributed by atoms with Crippen LogP contribution in [0.2, 0.25) is 0 Å². The predicted octanol–water partition coefficient (Wildman–Crippen LogP) is 2.26. The van der Waals surface area contributed by atoms with E-state index in [1.165, 1.54) is 6.07 Å². The van der Waals surface area contributed by atoms with Crippen molar-refractivity contribution in [3.63, 3.8) is 0 Å². The van der Waals surface area contributed by atoms with Crippen molar-refractivity contribution in [2.75, 3.05) is 11.1 Å². The molecule has 0 saturated heterocycles. The van der Waals surface area contributed by atoms with E-state index in [4.69, 9.17) is 5.26 Å². The molecule has 3 nitrogen and oxygen atoms in total. The number of amides is 1. The number of thioether (sulfide) groups is 1. The third-order valence-electron chi connectivity index (χ3n) is 1.54. The van der Waals surface area contributed by atoms with Gasteiger partial charge in [-0.05, 0) is 17.9 Å². The smallest absolute Gasteiger partial charge is 0.312 e. The molecule has 0 atom stereocenters. The van der Waals surface area contributed by atoms with Crippen molar-refractivity contribution in [3.8, 4) is 6.07 Å². The number of nitrogens with zero attached hydrogens (tertiary/aromatic N) is 1. The lowest BCUT2D eigenvalue weighted by molar-refractivity contribution is -0.111. The number of rotatable bonds is 3. The molecule has 4 heteroatoms. The largest absolute Gasteiger partial charge is 0.326 e. The maximum atomic E-state index is 10.9. The summed E-state index contributed by atoms with van der Waals surface area (Å²) in [5.41, 5.74) is 0.700. The molecule has 0 saturated carbocycles. The summed E-state index contributed by atoms with van der Waals surface area (Å²) in [7, 11) is 0. The normalized spacial score (nSPS) is 9.14. The molecule has 0 heterocycles. The minimum absolute atomic E-state index is 0.630. The molecule has 0 aliphatic heterocycles. The number of carbonyl (C=O) groups is 1. The van der Waals surface area contributed by atoms with Crippen LogP contribution in [0.3, 0.4) is 0 Å². The third-order valence-corrected chi connectivity index (χ3v) is 2.49. The summed E-state index contributed by atoms with van der Waals surface area (Å²) >= 11 is 1.63. The molecule has 1 rings (SSSR count). The lowest BCUT2D eigenvalue weighted by Crippen LogP contribution is -2.08. The minimum Gasteiger partial charge on any atom is -0.312 e. The van der Waals surface area contributed by atoms with Gasteiger partial charge in [0.05, 0.1) is 5.69 Å². The summed E-state index contributed by atoms with van der Waals surface area (Å²) in [6, 6.07) is 8.96. The second-order valence-corrected chi connectivity index (χ2v) is 3.80. The Morgan fingerprint density at radius 1 is 1.57 bits per heavy atom. The molecule has 0 spiro atoms. The van der Waals surface area contributed by atoms with E-state index in [1.807, 2.05) is 25.1 Å². The minimum atomic E-state index is -0.630. The molecule has 0 radical (unpaired) electrons. The van der Waals surface area contributed by atoms with Crippen molar-refractivity contribution < 1.29 is 4.79 Å². The molecule has 1 amide bonds. The summed E-state index contributed by atoms with van der Waals surface area (Å²) in [6.07, 6.45) is 0. The zero-order valence-electron chi connectivity index (χ0n) is 7.78. The molecule has 1 aromatic carbocycles.